The van der Waals surface area contributed by atoms with Gasteiger partial charge in [0.25, 0.3) is 11.8 Å². The monoisotopic (exact) mass is 560 g/mol. The number of nitrogens with one attached hydrogen (secondary N) is 1. The van der Waals surface area contributed by atoms with Gasteiger partial charge in [0.05, 0.1) is 19.3 Å². The van der Waals surface area contributed by atoms with Gasteiger partial charge in [0.1, 0.15) is 11.9 Å². The number of ether oxygens (including phenoxy) is 3. The molecule has 0 saturated heterocycles. The van der Waals surface area contributed by atoms with Crippen LogP contribution >= 0.6 is 12.6 Å². The van der Waals surface area contributed by atoms with E-state index in [0.717, 1.165) is 42.7 Å². The summed E-state index contributed by atoms with van der Waals surface area (Å²) in [6.07, 6.45) is 7.17. The molecule has 3 rings (SSSR count). The summed E-state index contributed by atoms with van der Waals surface area (Å²) < 4.78 is 17.5. The number of aliphatic hydroxyl groups excluding tert-OH is 1. The molecule has 1 aromatic rings. The van der Waals surface area contributed by atoms with Crippen LogP contribution in [0.3, 0.4) is 0 Å². The van der Waals surface area contributed by atoms with Gasteiger partial charge >= 0.3 is 0 Å². The summed E-state index contributed by atoms with van der Waals surface area (Å²) in [7, 11) is 1.70. The lowest BCUT2D eigenvalue weighted by Crippen LogP contribution is -2.33. The maximum absolute atomic E-state index is 11.7. The Hall–Kier alpha value is -2.33. The average Bonchev–Trinajstić information content (AvgIpc) is 3.21. The average molecular weight is 561 g/mol. The first-order chi connectivity index (χ1) is 18.8. The lowest BCUT2D eigenvalue weighted by molar-refractivity contribution is -0.136. The van der Waals surface area contributed by atoms with Gasteiger partial charge in [-0.2, -0.15) is 12.6 Å². The standard InChI is InChI=1S/C30H44N2O6S/c1-21-15-26(33)18-28(16-21)38-27-7-6-24(19-36-3)23(17-27)5-4-13-37-14-11-31-22(2)25(20-39)10-12-32-29(34)8-9-30(32)35/h6-9,17,21,25-26,28,31,33,39H,2,4-5,10-16,18-20H2,1,3H3. The topological polar surface area (TPSA) is 97.3 Å². The molecule has 1 aliphatic heterocycles. The van der Waals surface area contributed by atoms with E-state index in [0.29, 0.717) is 57.4 Å². The summed E-state index contributed by atoms with van der Waals surface area (Å²) in [5.41, 5.74) is 3.17. The molecule has 2 amide bonds. The summed E-state index contributed by atoms with van der Waals surface area (Å²) in [5.74, 6) is 1.39. The number of carbonyl (C=O) groups excluding carboxylic acids is 2. The van der Waals surface area contributed by atoms with Crippen molar-refractivity contribution >= 4 is 24.4 Å². The molecule has 0 spiro atoms. The molecule has 8 nitrogen and oxygen atoms in total. The number of thiol groups is 1. The van der Waals surface area contributed by atoms with Crippen LogP contribution in [0.25, 0.3) is 0 Å². The third-order valence-corrected chi connectivity index (χ3v) is 7.74. The van der Waals surface area contributed by atoms with E-state index < -0.39 is 0 Å². The molecular formula is C30H44N2O6S. The number of hydrogen-bond acceptors (Lipinski definition) is 8. The highest BCUT2D eigenvalue weighted by Crippen LogP contribution is 2.29. The summed E-state index contributed by atoms with van der Waals surface area (Å²) in [5, 5.41) is 13.4. The lowest BCUT2D eigenvalue weighted by Gasteiger charge is -2.31. The van der Waals surface area contributed by atoms with Crippen molar-refractivity contribution in [3.8, 4) is 5.75 Å². The highest BCUT2D eigenvalue weighted by Gasteiger charge is 2.27. The number of nitrogens with zero attached hydrogens (tertiary/aromatic N) is 1. The predicted octanol–water partition coefficient (Wildman–Crippen LogP) is 3.67. The minimum absolute atomic E-state index is 0.0415. The number of allylic oxidation sites excluding steroid dienone is 1. The quantitative estimate of drug-likeness (QED) is 0.152. The number of benzene rings is 1. The van der Waals surface area contributed by atoms with Crippen molar-refractivity contribution in [3.63, 3.8) is 0 Å². The normalized spacial score (nSPS) is 21.8. The molecule has 0 bridgehead atoms. The summed E-state index contributed by atoms with van der Waals surface area (Å²) in [6.45, 7) is 8.96. The number of imide groups is 1. The number of amides is 2. The minimum Gasteiger partial charge on any atom is -0.490 e. The molecule has 1 aliphatic carbocycles. The Labute approximate surface area is 238 Å². The number of hydrogen-bond donors (Lipinski definition) is 3. The van der Waals surface area contributed by atoms with E-state index >= 15 is 0 Å². The van der Waals surface area contributed by atoms with Crippen molar-refractivity contribution in [2.45, 2.75) is 64.3 Å². The second kappa shape index (κ2) is 16.1. The molecule has 2 aliphatic rings. The Balaban J connectivity index is 1.36. The highest BCUT2D eigenvalue weighted by molar-refractivity contribution is 7.80. The third kappa shape index (κ3) is 9.98. The minimum atomic E-state index is -0.289. The third-order valence-electron chi connectivity index (χ3n) is 7.30. The SMILES string of the molecule is C=C(NCCOCCCc1cc(OC2CC(C)CC(O)C2)ccc1COC)C(CS)CCN1C(=O)C=CC1=O. The zero-order chi connectivity index (χ0) is 28.2. The molecule has 4 atom stereocenters. The van der Waals surface area contributed by atoms with E-state index in [-0.39, 0.29) is 29.9 Å². The molecule has 9 heteroatoms. The predicted molar refractivity (Wildman–Crippen MR) is 155 cm³/mol. The first kappa shape index (κ1) is 31.2. The second-order valence-electron chi connectivity index (χ2n) is 10.6. The van der Waals surface area contributed by atoms with Crippen LogP contribution in [0, 0.1) is 11.8 Å². The van der Waals surface area contributed by atoms with Crippen LogP contribution in [0.5, 0.6) is 5.75 Å². The van der Waals surface area contributed by atoms with Gasteiger partial charge < -0.3 is 24.6 Å². The van der Waals surface area contributed by atoms with E-state index in [1.54, 1.807) is 7.11 Å². The molecule has 2 N–H and O–H groups in total. The molecule has 39 heavy (non-hydrogen) atoms. The van der Waals surface area contributed by atoms with Crippen molar-refractivity contribution < 1.29 is 28.9 Å². The maximum Gasteiger partial charge on any atom is 0.253 e. The first-order valence-corrected chi connectivity index (χ1v) is 14.5. The fourth-order valence-corrected chi connectivity index (χ4v) is 5.61. The maximum atomic E-state index is 11.7. The van der Waals surface area contributed by atoms with Gasteiger partial charge in [-0.15, -0.1) is 0 Å². The Morgan fingerprint density at radius 3 is 2.64 bits per heavy atom. The summed E-state index contributed by atoms with van der Waals surface area (Å²) in [6, 6.07) is 6.16. The van der Waals surface area contributed by atoms with Crippen molar-refractivity contribution in [1.29, 1.82) is 0 Å². The van der Waals surface area contributed by atoms with Gasteiger partial charge in [0.15, 0.2) is 0 Å². The number of aliphatic hydroxyl groups is 1. The molecule has 1 saturated carbocycles. The zero-order valence-electron chi connectivity index (χ0n) is 23.3. The van der Waals surface area contributed by atoms with Crippen LogP contribution in [0.1, 0.15) is 50.2 Å². The Morgan fingerprint density at radius 1 is 1.18 bits per heavy atom. The first-order valence-electron chi connectivity index (χ1n) is 13.9. The zero-order valence-corrected chi connectivity index (χ0v) is 24.2. The van der Waals surface area contributed by atoms with Gasteiger partial charge in [-0.05, 0) is 67.0 Å². The van der Waals surface area contributed by atoms with Gasteiger partial charge in [0.2, 0.25) is 0 Å². The number of methoxy groups -OCH3 is 1. The van der Waals surface area contributed by atoms with Crippen LogP contribution in [-0.4, -0.2) is 73.2 Å². The Bertz CT molecular complexity index is 972. The van der Waals surface area contributed by atoms with Crippen LogP contribution in [-0.2, 0) is 32.1 Å². The molecule has 4 unspecified atom stereocenters. The smallest absolute Gasteiger partial charge is 0.253 e. The van der Waals surface area contributed by atoms with E-state index in [4.69, 9.17) is 14.2 Å². The van der Waals surface area contributed by atoms with Gasteiger partial charge in [0, 0.05) is 57.0 Å². The Morgan fingerprint density at radius 2 is 1.95 bits per heavy atom. The van der Waals surface area contributed by atoms with E-state index in [2.05, 4.69) is 43.6 Å². The fourth-order valence-electron chi connectivity index (χ4n) is 5.21. The van der Waals surface area contributed by atoms with Crippen LogP contribution in [0.4, 0.5) is 0 Å². The van der Waals surface area contributed by atoms with Gasteiger partial charge in [-0.1, -0.05) is 19.6 Å². The molecule has 216 valence electrons. The summed E-state index contributed by atoms with van der Waals surface area (Å²) >= 11 is 4.41. The molecular weight excluding hydrogens is 516 g/mol. The van der Waals surface area contributed by atoms with Gasteiger partial charge in [-0.25, -0.2) is 0 Å². The molecule has 0 aromatic heterocycles. The van der Waals surface area contributed by atoms with Gasteiger partial charge in [-0.3, -0.25) is 14.5 Å². The van der Waals surface area contributed by atoms with E-state index in [1.807, 2.05) is 6.07 Å². The van der Waals surface area contributed by atoms with Crippen molar-refractivity contribution in [3.05, 3.63) is 53.8 Å². The lowest BCUT2D eigenvalue weighted by atomic mass is 9.86. The van der Waals surface area contributed by atoms with E-state index in [9.17, 15) is 14.7 Å². The van der Waals surface area contributed by atoms with Crippen LogP contribution in [0.2, 0.25) is 0 Å². The fraction of sp³-hybridized carbons (Fsp3) is 0.600. The van der Waals surface area contributed by atoms with Crippen molar-refractivity contribution in [2.24, 2.45) is 11.8 Å². The molecule has 1 aromatic carbocycles. The van der Waals surface area contributed by atoms with Crippen molar-refractivity contribution in [1.82, 2.24) is 10.2 Å². The largest absolute Gasteiger partial charge is 0.490 e. The van der Waals surface area contributed by atoms with Crippen LogP contribution < -0.4 is 10.1 Å². The van der Waals surface area contributed by atoms with Crippen molar-refractivity contribution in [2.75, 3.05) is 39.2 Å². The summed E-state index contributed by atoms with van der Waals surface area (Å²) in [4.78, 5) is 24.7. The number of rotatable bonds is 17. The highest BCUT2D eigenvalue weighted by atomic mass is 32.1. The molecule has 1 fully saturated rings. The number of carbonyl (C=O) groups is 2. The second-order valence-corrected chi connectivity index (χ2v) is 10.9. The Kier molecular flexibility index (Phi) is 12.8. The molecule has 1 heterocycles. The van der Waals surface area contributed by atoms with Crippen LogP contribution in [0.15, 0.2) is 42.6 Å². The molecule has 0 radical (unpaired) electrons. The number of aryl methyl sites for hydroxylation is 1. The van der Waals surface area contributed by atoms with E-state index in [1.165, 1.54) is 22.6 Å².